The van der Waals surface area contributed by atoms with Crippen LogP contribution in [0, 0.1) is 0 Å². The van der Waals surface area contributed by atoms with Crippen molar-refractivity contribution in [2.75, 3.05) is 47.1 Å². The van der Waals surface area contributed by atoms with Gasteiger partial charge in [0.25, 0.3) is 0 Å². The molecule has 0 aliphatic rings. The second kappa shape index (κ2) is 9.40. The van der Waals surface area contributed by atoms with E-state index >= 15 is 0 Å². The summed E-state index contributed by atoms with van der Waals surface area (Å²) in [5.74, 6) is 0. The third kappa shape index (κ3) is 6.32. The highest BCUT2D eigenvalue weighted by atomic mass is 16.7. The fourth-order valence-electron chi connectivity index (χ4n) is 1.17. The lowest BCUT2D eigenvalue weighted by molar-refractivity contribution is -0.117. The van der Waals surface area contributed by atoms with Crippen LogP contribution in [0.25, 0.3) is 0 Å². The van der Waals surface area contributed by atoms with Crippen LogP contribution in [0.1, 0.15) is 13.8 Å². The van der Waals surface area contributed by atoms with Crippen molar-refractivity contribution in [1.29, 1.82) is 0 Å². The Morgan fingerprint density at radius 1 is 1.14 bits per heavy atom. The maximum absolute atomic E-state index is 5.29. The second-order valence-electron chi connectivity index (χ2n) is 2.99. The van der Waals surface area contributed by atoms with Crippen molar-refractivity contribution in [2.45, 2.75) is 20.1 Å². The normalized spacial score (nSPS) is 11.6. The smallest absolute Gasteiger partial charge is 0.169 e. The summed E-state index contributed by atoms with van der Waals surface area (Å²) in [5.41, 5.74) is 0. The van der Waals surface area contributed by atoms with Crippen LogP contribution in [0.3, 0.4) is 0 Å². The zero-order valence-electron chi connectivity index (χ0n) is 9.78. The summed E-state index contributed by atoms with van der Waals surface area (Å²) < 4.78 is 15.6. The third-order valence-electron chi connectivity index (χ3n) is 2.14. The third-order valence-corrected chi connectivity index (χ3v) is 2.14. The van der Waals surface area contributed by atoms with Crippen molar-refractivity contribution in [3.8, 4) is 0 Å². The van der Waals surface area contributed by atoms with Gasteiger partial charge in [-0.2, -0.15) is 0 Å². The summed E-state index contributed by atoms with van der Waals surface area (Å²) in [5, 5.41) is 0. The minimum absolute atomic E-state index is 0.142. The molecule has 0 N–H and O–H groups in total. The molecule has 0 radical (unpaired) electrons. The average molecular weight is 205 g/mol. The number of likely N-dealkylation sites (N-methyl/N-ethyl adjacent to an activating group) is 1. The lowest BCUT2D eigenvalue weighted by Crippen LogP contribution is -2.36. The molecule has 0 saturated carbocycles. The van der Waals surface area contributed by atoms with Crippen molar-refractivity contribution in [1.82, 2.24) is 4.90 Å². The molecule has 0 fully saturated rings. The first-order valence-electron chi connectivity index (χ1n) is 5.14. The van der Waals surface area contributed by atoms with Gasteiger partial charge >= 0.3 is 0 Å². The summed E-state index contributed by atoms with van der Waals surface area (Å²) in [6.07, 6.45) is -0.142. The topological polar surface area (TPSA) is 30.9 Å². The summed E-state index contributed by atoms with van der Waals surface area (Å²) in [4.78, 5) is 2.24. The van der Waals surface area contributed by atoms with Crippen LogP contribution in [-0.4, -0.2) is 58.3 Å². The zero-order chi connectivity index (χ0) is 10.8. The Morgan fingerprint density at radius 2 is 1.79 bits per heavy atom. The Bertz CT molecular complexity index is 118. The number of rotatable bonds is 9. The number of hydrogen-bond acceptors (Lipinski definition) is 4. The molecule has 0 bridgehead atoms. The molecule has 0 saturated heterocycles. The maximum Gasteiger partial charge on any atom is 0.169 e. The minimum Gasteiger partial charge on any atom is -0.380 e. The predicted octanol–water partition coefficient (Wildman–Crippen LogP) is 0.964. The van der Waals surface area contributed by atoms with E-state index in [1.165, 1.54) is 0 Å². The molecule has 0 unspecified atom stereocenters. The first-order valence-corrected chi connectivity index (χ1v) is 5.14. The molecule has 0 aromatic carbocycles. The van der Waals surface area contributed by atoms with Crippen LogP contribution in [0.2, 0.25) is 0 Å². The van der Waals surface area contributed by atoms with Crippen LogP contribution in [-0.2, 0) is 14.2 Å². The summed E-state index contributed by atoms with van der Waals surface area (Å²) >= 11 is 0. The predicted molar refractivity (Wildman–Crippen MR) is 56.4 cm³/mol. The van der Waals surface area contributed by atoms with Crippen molar-refractivity contribution in [3.05, 3.63) is 0 Å². The van der Waals surface area contributed by atoms with E-state index in [-0.39, 0.29) is 6.29 Å². The average Bonchev–Trinajstić information content (AvgIpc) is 2.23. The molecule has 0 atom stereocenters. The quantitative estimate of drug-likeness (QED) is 0.414. The van der Waals surface area contributed by atoms with Crippen LogP contribution >= 0.6 is 0 Å². The molecular weight excluding hydrogens is 182 g/mol. The maximum atomic E-state index is 5.29. The van der Waals surface area contributed by atoms with Gasteiger partial charge in [0, 0.05) is 33.9 Å². The highest BCUT2D eigenvalue weighted by molar-refractivity contribution is 4.57. The van der Waals surface area contributed by atoms with E-state index in [1.807, 2.05) is 6.92 Å². The van der Waals surface area contributed by atoms with Crippen molar-refractivity contribution in [3.63, 3.8) is 0 Å². The molecule has 0 aromatic heterocycles. The molecule has 4 nitrogen and oxygen atoms in total. The van der Waals surface area contributed by atoms with Gasteiger partial charge in [0.05, 0.1) is 6.61 Å². The Morgan fingerprint density at radius 3 is 2.21 bits per heavy atom. The Kier molecular flexibility index (Phi) is 9.29. The van der Waals surface area contributed by atoms with E-state index in [4.69, 9.17) is 14.2 Å². The van der Waals surface area contributed by atoms with Crippen LogP contribution < -0.4 is 0 Å². The molecule has 0 aliphatic heterocycles. The summed E-state index contributed by atoms with van der Waals surface area (Å²) in [7, 11) is 3.31. The molecule has 0 aliphatic carbocycles. The fraction of sp³-hybridized carbons (Fsp3) is 1.00. The van der Waals surface area contributed by atoms with Crippen molar-refractivity contribution in [2.24, 2.45) is 0 Å². The minimum atomic E-state index is -0.142. The van der Waals surface area contributed by atoms with Gasteiger partial charge in [0.2, 0.25) is 0 Å². The summed E-state index contributed by atoms with van der Waals surface area (Å²) in [6, 6.07) is 0. The lowest BCUT2D eigenvalue weighted by atomic mass is 10.4. The molecule has 0 heterocycles. The highest BCUT2D eigenvalue weighted by Crippen LogP contribution is 1.96. The SMILES string of the molecule is CCOCCN(CC)CC(OC)OC. The standard InChI is InChI=1S/C10H23NO3/c1-5-11(7-8-14-6-2)9-10(12-3)13-4/h10H,5-9H2,1-4H3. The molecule has 14 heavy (non-hydrogen) atoms. The Labute approximate surface area is 87.1 Å². The van der Waals surface area contributed by atoms with Gasteiger partial charge in [-0.15, -0.1) is 0 Å². The number of methoxy groups -OCH3 is 2. The lowest BCUT2D eigenvalue weighted by Gasteiger charge is -2.24. The van der Waals surface area contributed by atoms with Gasteiger partial charge < -0.3 is 14.2 Å². The highest BCUT2D eigenvalue weighted by Gasteiger charge is 2.10. The van der Waals surface area contributed by atoms with Gasteiger partial charge in [-0.3, -0.25) is 4.90 Å². The largest absolute Gasteiger partial charge is 0.380 e. The van der Waals surface area contributed by atoms with E-state index < -0.39 is 0 Å². The van der Waals surface area contributed by atoms with Gasteiger partial charge in [0.15, 0.2) is 6.29 Å². The first kappa shape index (κ1) is 13.8. The van der Waals surface area contributed by atoms with E-state index in [9.17, 15) is 0 Å². The van der Waals surface area contributed by atoms with Gasteiger partial charge in [-0.05, 0) is 13.5 Å². The number of hydrogen-bond donors (Lipinski definition) is 0. The van der Waals surface area contributed by atoms with E-state index in [0.29, 0.717) is 0 Å². The van der Waals surface area contributed by atoms with Crippen molar-refractivity contribution >= 4 is 0 Å². The molecule has 0 spiro atoms. The van der Waals surface area contributed by atoms with Gasteiger partial charge in [0.1, 0.15) is 0 Å². The monoisotopic (exact) mass is 205 g/mol. The fourth-order valence-corrected chi connectivity index (χ4v) is 1.17. The summed E-state index contributed by atoms with van der Waals surface area (Å²) in [6.45, 7) is 8.36. The number of ether oxygens (including phenoxy) is 3. The number of nitrogens with zero attached hydrogens (tertiary/aromatic N) is 1. The van der Waals surface area contributed by atoms with Crippen LogP contribution in [0.5, 0.6) is 0 Å². The first-order chi connectivity index (χ1) is 6.78. The van der Waals surface area contributed by atoms with Crippen LogP contribution in [0.4, 0.5) is 0 Å². The van der Waals surface area contributed by atoms with Crippen molar-refractivity contribution < 1.29 is 14.2 Å². The van der Waals surface area contributed by atoms with Gasteiger partial charge in [-0.25, -0.2) is 0 Å². The van der Waals surface area contributed by atoms with E-state index in [0.717, 1.165) is 32.8 Å². The van der Waals surface area contributed by atoms with Crippen LogP contribution in [0.15, 0.2) is 0 Å². The zero-order valence-corrected chi connectivity index (χ0v) is 9.78. The molecular formula is C10H23NO3. The van der Waals surface area contributed by atoms with E-state index in [1.54, 1.807) is 14.2 Å². The molecule has 4 heteroatoms. The van der Waals surface area contributed by atoms with E-state index in [2.05, 4.69) is 11.8 Å². The second-order valence-corrected chi connectivity index (χ2v) is 2.99. The Hall–Kier alpha value is -0.160. The van der Waals surface area contributed by atoms with Gasteiger partial charge in [-0.1, -0.05) is 6.92 Å². The molecule has 0 amide bonds. The molecule has 0 rings (SSSR count). The molecule has 86 valence electrons. The molecule has 0 aromatic rings. The Balaban J connectivity index is 3.65.